The predicted molar refractivity (Wildman–Crippen MR) is 90.9 cm³/mol. The maximum atomic E-state index is 5.26. The molecule has 1 N–H and O–H groups in total. The number of aromatic nitrogens is 1. The van der Waals surface area contributed by atoms with E-state index in [0.717, 1.165) is 17.2 Å². The van der Waals surface area contributed by atoms with E-state index < -0.39 is 0 Å². The molecule has 0 radical (unpaired) electrons. The summed E-state index contributed by atoms with van der Waals surface area (Å²) in [5.41, 5.74) is 2.70. The predicted octanol–water partition coefficient (Wildman–Crippen LogP) is 4.19. The monoisotopic (exact) mass is 328 g/mol. The van der Waals surface area contributed by atoms with E-state index in [1.807, 2.05) is 35.0 Å². The second-order valence-electron chi connectivity index (χ2n) is 5.31. The van der Waals surface area contributed by atoms with Crippen LogP contribution in [0.4, 0.5) is 0 Å². The Bertz CT molecular complexity index is 749. The highest BCUT2D eigenvalue weighted by molar-refractivity contribution is 7.10. The smallest absolute Gasteiger partial charge is 0.118 e. The molecule has 0 bridgehead atoms. The molecule has 112 valence electrons. The molecule has 0 unspecified atom stereocenters. The number of methoxy groups -OCH3 is 1. The number of benzene rings is 1. The molecule has 22 heavy (non-hydrogen) atoms. The van der Waals surface area contributed by atoms with Gasteiger partial charge in [0, 0.05) is 16.5 Å². The average Bonchev–Trinajstić information content (AvgIpc) is 3.25. The van der Waals surface area contributed by atoms with Gasteiger partial charge in [-0.15, -0.1) is 22.7 Å². The molecule has 2 aromatic heterocycles. The van der Waals surface area contributed by atoms with E-state index in [1.54, 1.807) is 18.4 Å². The summed E-state index contributed by atoms with van der Waals surface area (Å²) in [6.45, 7) is 0. The van der Waals surface area contributed by atoms with Crippen molar-refractivity contribution >= 4 is 22.7 Å². The van der Waals surface area contributed by atoms with Crippen molar-refractivity contribution in [1.82, 2.24) is 10.3 Å². The number of rotatable bonds is 3. The fourth-order valence-electron chi connectivity index (χ4n) is 2.93. The average molecular weight is 328 g/mol. The quantitative estimate of drug-likeness (QED) is 0.783. The van der Waals surface area contributed by atoms with Gasteiger partial charge in [-0.25, -0.2) is 4.98 Å². The van der Waals surface area contributed by atoms with Crippen LogP contribution in [0.3, 0.4) is 0 Å². The van der Waals surface area contributed by atoms with Gasteiger partial charge in [0.05, 0.1) is 19.2 Å². The van der Waals surface area contributed by atoms with E-state index in [0.29, 0.717) is 0 Å². The zero-order valence-electron chi connectivity index (χ0n) is 12.2. The Labute approximate surface area is 137 Å². The van der Waals surface area contributed by atoms with Crippen LogP contribution >= 0.6 is 22.7 Å². The Morgan fingerprint density at radius 1 is 1.14 bits per heavy atom. The molecule has 1 aliphatic heterocycles. The van der Waals surface area contributed by atoms with Crippen LogP contribution in [0.2, 0.25) is 0 Å². The van der Waals surface area contributed by atoms with E-state index >= 15 is 0 Å². The Morgan fingerprint density at radius 2 is 2.00 bits per heavy atom. The first kappa shape index (κ1) is 13.9. The topological polar surface area (TPSA) is 34.1 Å². The molecular formula is C17H16N2OS2. The number of nitrogens with zero attached hydrogens (tertiary/aromatic N) is 1. The minimum Gasteiger partial charge on any atom is -0.497 e. The lowest BCUT2D eigenvalue weighted by Crippen LogP contribution is -2.33. The minimum absolute atomic E-state index is 0.226. The highest BCUT2D eigenvalue weighted by Gasteiger charge is 2.30. The second kappa shape index (κ2) is 5.83. The van der Waals surface area contributed by atoms with E-state index in [-0.39, 0.29) is 12.1 Å². The summed E-state index contributed by atoms with van der Waals surface area (Å²) in [6, 6.07) is 11.1. The first-order valence-electron chi connectivity index (χ1n) is 7.21. The maximum Gasteiger partial charge on any atom is 0.118 e. The molecule has 1 aromatic carbocycles. The van der Waals surface area contributed by atoms with Crippen LogP contribution in [0.15, 0.2) is 47.3 Å². The SMILES string of the molecule is COc1ccc([C@@H]2N[C@H](c3nccs3)Cc3ccsc32)cc1. The van der Waals surface area contributed by atoms with Crippen LogP contribution in [0.1, 0.15) is 33.1 Å². The van der Waals surface area contributed by atoms with E-state index in [1.165, 1.54) is 16.0 Å². The molecular weight excluding hydrogens is 312 g/mol. The molecule has 2 atom stereocenters. The molecule has 3 heterocycles. The Morgan fingerprint density at radius 3 is 2.73 bits per heavy atom. The standard InChI is InChI=1S/C17H16N2OS2/c1-20-13-4-2-11(3-5-13)15-16-12(6-8-21-16)10-14(19-15)17-18-7-9-22-17/h2-9,14-15,19H,10H2,1H3/t14-,15-/m0/s1. The van der Waals surface area contributed by atoms with Crippen LogP contribution < -0.4 is 10.1 Å². The molecule has 0 saturated carbocycles. The van der Waals surface area contributed by atoms with Gasteiger partial charge in [0.1, 0.15) is 10.8 Å². The number of hydrogen-bond donors (Lipinski definition) is 1. The lowest BCUT2D eigenvalue weighted by Gasteiger charge is -2.30. The van der Waals surface area contributed by atoms with Gasteiger partial charge in [0.15, 0.2) is 0 Å². The van der Waals surface area contributed by atoms with Crippen molar-refractivity contribution in [2.75, 3.05) is 7.11 Å². The van der Waals surface area contributed by atoms with Crippen molar-refractivity contribution < 1.29 is 4.74 Å². The van der Waals surface area contributed by atoms with Crippen molar-refractivity contribution in [3.8, 4) is 5.75 Å². The van der Waals surface area contributed by atoms with Crippen LogP contribution in [0.25, 0.3) is 0 Å². The zero-order chi connectivity index (χ0) is 14.9. The second-order valence-corrected chi connectivity index (χ2v) is 7.18. The zero-order valence-corrected chi connectivity index (χ0v) is 13.8. The van der Waals surface area contributed by atoms with E-state index in [4.69, 9.17) is 4.74 Å². The fraction of sp³-hybridized carbons (Fsp3) is 0.235. The molecule has 3 nitrogen and oxygen atoms in total. The fourth-order valence-corrected chi connectivity index (χ4v) is 4.65. The van der Waals surface area contributed by atoms with Crippen molar-refractivity contribution in [2.45, 2.75) is 18.5 Å². The van der Waals surface area contributed by atoms with Gasteiger partial charge >= 0.3 is 0 Å². The molecule has 1 aliphatic rings. The maximum absolute atomic E-state index is 5.26. The lowest BCUT2D eigenvalue weighted by molar-refractivity contribution is 0.414. The summed E-state index contributed by atoms with van der Waals surface area (Å²) < 4.78 is 5.26. The van der Waals surface area contributed by atoms with Gasteiger partial charge in [0.2, 0.25) is 0 Å². The Kier molecular flexibility index (Phi) is 3.70. The number of thiophene rings is 1. The summed E-state index contributed by atoms with van der Waals surface area (Å²) in [4.78, 5) is 5.91. The summed E-state index contributed by atoms with van der Waals surface area (Å²) >= 11 is 3.55. The Hall–Kier alpha value is -1.69. The van der Waals surface area contributed by atoms with Gasteiger partial charge in [0.25, 0.3) is 0 Å². The molecule has 0 fully saturated rings. The highest BCUT2D eigenvalue weighted by atomic mass is 32.1. The van der Waals surface area contributed by atoms with Gasteiger partial charge in [-0.1, -0.05) is 12.1 Å². The third-order valence-corrected chi connectivity index (χ3v) is 5.95. The van der Waals surface area contributed by atoms with Crippen molar-refractivity contribution in [3.63, 3.8) is 0 Å². The number of fused-ring (bicyclic) bond motifs is 1. The highest BCUT2D eigenvalue weighted by Crippen LogP contribution is 2.39. The van der Waals surface area contributed by atoms with Crippen molar-refractivity contribution in [1.29, 1.82) is 0 Å². The largest absolute Gasteiger partial charge is 0.497 e. The lowest BCUT2D eigenvalue weighted by atomic mass is 9.93. The molecule has 0 aliphatic carbocycles. The van der Waals surface area contributed by atoms with Crippen LogP contribution in [0, 0.1) is 0 Å². The molecule has 0 saturated heterocycles. The van der Waals surface area contributed by atoms with Gasteiger partial charge in [-0.3, -0.25) is 5.32 Å². The first-order chi connectivity index (χ1) is 10.8. The molecule has 0 spiro atoms. The summed E-state index contributed by atoms with van der Waals surface area (Å²) in [5.74, 6) is 0.891. The summed E-state index contributed by atoms with van der Waals surface area (Å²) in [7, 11) is 1.70. The number of thiazole rings is 1. The first-order valence-corrected chi connectivity index (χ1v) is 8.97. The number of hydrogen-bond acceptors (Lipinski definition) is 5. The van der Waals surface area contributed by atoms with Gasteiger partial charge in [-0.2, -0.15) is 0 Å². The normalized spacial score (nSPS) is 20.6. The Balaban J connectivity index is 1.71. The molecule has 5 heteroatoms. The van der Waals surface area contributed by atoms with Crippen molar-refractivity contribution in [3.05, 3.63) is 68.3 Å². The van der Waals surface area contributed by atoms with Crippen LogP contribution in [-0.2, 0) is 6.42 Å². The van der Waals surface area contributed by atoms with E-state index in [9.17, 15) is 0 Å². The molecule has 4 rings (SSSR count). The number of ether oxygens (including phenoxy) is 1. The van der Waals surface area contributed by atoms with Gasteiger partial charge in [-0.05, 0) is 41.1 Å². The third kappa shape index (κ3) is 2.45. The van der Waals surface area contributed by atoms with Crippen molar-refractivity contribution in [2.24, 2.45) is 0 Å². The molecule has 0 amide bonds. The summed E-state index contributed by atoms with van der Waals surface area (Å²) in [5, 5.41) is 9.16. The summed E-state index contributed by atoms with van der Waals surface area (Å²) in [6.07, 6.45) is 2.90. The van der Waals surface area contributed by atoms with Gasteiger partial charge < -0.3 is 4.74 Å². The number of nitrogens with one attached hydrogen (secondary N) is 1. The van der Waals surface area contributed by atoms with Crippen LogP contribution in [0.5, 0.6) is 5.75 Å². The minimum atomic E-state index is 0.226. The third-order valence-electron chi connectivity index (χ3n) is 4.03. The molecule has 3 aromatic rings. The van der Waals surface area contributed by atoms with E-state index in [2.05, 4.69) is 33.9 Å². The van der Waals surface area contributed by atoms with Crippen LogP contribution in [-0.4, -0.2) is 12.1 Å².